The first kappa shape index (κ1) is 14.1. The number of carbonyl (C=O) groups excluding carboxylic acids is 1. The lowest BCUT2D eigenvalue weighted by atomic mass is 9.88. The predicted octanol–water partition coefficient (Wildman–Crippen LogP) is 1.83. The van der Waals surface area contributed by atoms with Gasteiger partial charge in [-0.2, -0.15) is 0 Å². The first-order chi connectivity index (χ1) is 9.91. The van der Waals surface area contributed by atoms with Crippen molar-refractivity contribution < 1.29 is 27.8 Å². The number of carbonyl (C=O) groups is 1. The number of benzene rings is 1. The summed E-state index contributed by atoms with van der Waals surface area (Å²) in [7, 11) is 3.19. The highest BCUT2D eigenvalue weighted by Gasteiger charge is 2.47. The minimum Gasteiger partial charge on any atom is -0.469 e. The Morgan fingerprint density at radius 2 is 2.14 bits per heavy atom. The SMILES string of the molecule is COC(=O)C1CN(C)CC1c1cccc2c1OC(F)(F)O2. The molecule has 2 atom stereocenters. The Hall–Kier alpha value is -1.89. The lowest BCUT2D eigenvalue weighted by molar-refractivity contribution is -0.287. The van der Waals surface area contributed by atoms with Gasteiger partial charge in [-0.1, -0.05) is 12.1 Å². The molecule has 21 heavy (non-hydrogen) atoms. The van der Waals surface area contributed by atoms with E-state index in [1.165, 1.54) is 13.2 Å². The van der Waals surface area contributed by atoms with Crippen molar-refractivity contribution in [1.82, 2.24) is 4.90 Å². The van der Waals surface area contributed by atoms with Crippen LogP contribution in [-0.4, -0.2) is 44.4 Å². The molecule has 2 unspecified atom stereocenters. The second-order valence-electron chi connectivity index (χ2n) is 5.30. The molecule has 2 heterocycles. The minimum atomic E-state index is -3.66. The second kappa shape index (κ2) is 4.84. The third kappa shape index (κ3) is 2.42. The zero-order chi connectivity index (χ0) is 15.2. The van der Waals surface area contributed by atoms with Gasteiger partial charge in [-0.3, -0.25) is 4.79 Å². The van der Waals surface area contributed by atoms with Crippen LogP contribution in [0.15, 0.2) is 18.2 Å². The Morgan fingerprint density at radius 1 is 1.38 bits per heavy atom. The number of hydrogen-bond donors (Lipinski definition) is 0. The molecule has 1 saturated heterocycles. The van der Waals surface area contributed by atoms with Gasteiger partial charge in [-0.25, -0.2) is 0 Å². The highest BCUT2D eigenvalue weighted by atomic mass is 19.3. The lowest BCUT2D eigenvalue weighted by Gasteiger charge is -2.18. The molecule has 2 aliphatic heterocycles. The molecular weight excluding hydrogens is 284 g/mol. The molecule has 0 amide bonds. The van der Waals surface area contributed by atoms with E-state index in [0.29, 0.717) is 18.7 Å². The maximum atomic E-state index is 13.3. The molecule has 1 aromatic rings. The fraction of sp³-hybridized carbons (Fsp3) is 0.500. The number of fused-ring (bicyclic) bond motifs is 1. The Balaban J connectivity index is 1.98. The summed E-state index contributed by atoms with van der Waals surface area (Å²) in [5, 5.41) is 0. The van der Waals surface area contributed by atoms with Crippen molar-refractivity contribution in [2.24, 2.45) is 5.92 Å². The highest BCUT2D eigenvalue weighted by Crippen LogP contribution is 2.48. The van der Waals surface area contributed by atoms with Gasteiger partial charge >= 0.3 is 12.3 Å². The largest absolute Gasteiger partial charge is 0.586 e. The monoisotopic (exact) mass is 299 g/mol. The zero-order valence-corrected chi connectivity index (χ0v) is 11.6. The van der Waals surface area contributed by atoms with Crippen molar-refractivity contribution in [3.05, 3.63) is 23.8 Å². The van der Waals surface area contributed by atoms with Crippen molar-refractivity contribution in [3.63, 3.8) is 0 Å². The first-order valence-corrected chi connectivity index (χ1v) is 6.56. The van der Waals surface area contributed by atoms with Crippen LogP contribution in [0.2, 0.25) is 0 Å². The minimum absolute atomic E-state index is 0.00401. The third-order valence-corrected chi connectivity index (χ3v) is 3.86. The van der Waals surface area contributed by atoms with Crippen LogP contribution in [0.1, 0.15) is 11.5 Å². The topological polar surface area (TPSA) is 48.0 Å². The fourth-order valence-electron chi connectivity index (χ4n) is 2.99. The van der Waals surface area contributed by atoms with Crippen molar-refractivity contribution in [2.45, 2.75) is 12.2 Å². The molecule has 0 bridgehead atoms. The number of ether oxygens (including phenoxy) is 3. The molecular formula is C14H15F2NO4. The van der Waals surface area contributed by atoms with Crippen LogP contribution in [-0.2, 0) is 9.53 Å². The Kier molecular flexibility index (Phi) is 3.24. The summed E-state index contributed by atoms with van der Waals surface area (Å²) in [4.78, 5) is 13.9. The van der Waals surface area contributed by atoms with E-state index in [2.05, 4.69) is 9.47 Å². The summed E-state index contributed by atoms with van der Waals surface area (Å²) in [5.74, 6) is -1.03. The summed E-state index contributed by atoms with van der Waals surface area (Å²) >= 11 is 0. The van der Waals surface area contributed by atoms with Crippen molar-refractivity contribution in [2.75, 3.05) is 27.2 Å². The van der Waals surface area contributed by atoms with Gasteiger partial charge < -0.3 is 19.1 Å². The molecule has 3 rings (SSSR count). The number of halogens is 2. The van der Waals surface area contributed by atoms with E-state index in [0.717, 1.165) is 0 Å². The lowest BCUT2D eigenvalue weighted by Crippen LogP contribution is -2.26. The molecule has 0 radical (unpaired) electrons. The van der Waals surface area contributed by atoms with Crippen molar-refractivity contribution in [3.8, 4) is 11.5 Å². The summed E-state index contributed by atoms with van der Waals surface area (Å²) in [6.45, 7) is 1.07. The highest BCUT2D eigenvalue weighted by molar-refractivity contribution is 5.75. The molecule has 0 spiro atoms. The number of likely N-dealkylation sites (N-methyl/N-ethyl adjacent to an activating group) is 1. The number of likely N-dealkylation sites (tertiary alicyclic amines) is 1. The molecule has 1 fully saturated rings. The molecule has 2 aliphatic rings. The predicted molar refractivity (Wildman–Crippen MR) is 68.4 cm³/mol. The molecule has 0 saturated carbocycles. The first-order valence-electron chi connectivity index (χ1n) is 6.56. The molecule has 0 N–H and O–H groups in total. The van der Waals surface area contributed by atoms with E-state index in [-0.39, 0.29) is 23.4 Å². The number of hydrogen-bond acceptors (Lipinski definition) is 5. The Labute approximate surface area is 120 Å². The maximum absolute atomic E-state index is 13.3. The van der Waals surface area contributed by atoms with Gasteiger partial charge in [0.05, 0.1) is 13.0 Å². The van der Waals surface area contributed by atoms with Crippen LogP contribution in [0.3, 0.4) is 0 Å². The van der Waals surface area contributed by atoms with Crippen LogP contribution >= 0.6 is 0 Å². The molecule has 5 nitrogen and oxygen atoms in total. The average molecular weight is 299 g/mol. The molecule has 0 aliphatic carbocycles. The third-order valence-electron chi connectivity index (χ3n) is 3.86. The van der Waals surface area contributed by atoms with Gasteiger partial charge in [-0.05, 0) is 13.1 Å². The van der Waals surface area contributed by atoms with Crippen LogP contribution in [0.5, 0.6) is 11.5 Å². The van der Waals surface area contributed by atoms with Crippen LogP contribution < -0.4 is 9.47 Å². The van der Waals surface area contributed by atoms with E-state index in [1.54, 1.807) is 12.1 Å². The molecule has 0 aromatic heterocycles. The van der Waals surface area contributed by atoms with Gasteiger partial charge in [0.25, 0.3) is 0 Å². The fourth-order valence-corrected chi connectivity index (χ4v) is 2.99. The number of nitrogens with zero attached hydrogens (tertiary/aromatic N) is 1. The van der Waals surface area contributed by atoms with E-state index in [9.17, 15) is 13.6 Å². The number of alkyl halides is 2. The van der Waals surface area contributed by atoms with Crippen molar-refractivity contribution in [1.29, 1.82) is 0 Å². The second-order valence-corrected chi connectivity index (χ2v) is 5.30. The van der Waals surface area contributed by atoms with Crippen molar-refractivity contribution >= 4 is 5.97 Å². The quantitative estimate of drug-likeness (QED) is 0.780. The molecule has 114 valence electrons. The smallest absolute Gasteiger partial charge is 0.469 e. The number of rotatable bonds is 2. The molecule has 1 aromatic carbocycles. The van der Waals surface area contributed by atoms with E-state index >= 15 is 0 Å². The summed E-state index contributed by atoms with van der Waals surface area (Å²) in [6.07, 6.45) is -3.66. The van der Waals surface area contributed by atoms with Gasteiger partial charge in [0.2, 0.25) is 0 Å². The number of para-hydroxylation sites is 1. The van der Waals surface area contributed by atoms with E-state index in [4.69, 9.17) is 4.74 Å². The standard InChI is InChI=1S/C14H15F2NO4/c1-17-6-9(10(7-17)13(18)19-2)8-4-3-5-11-12(8)21-14(15,16)20-11/h3-5,9-10H,6-7H2,1-2H3. The van der Waals surface area contributed by atoms with Gasteiger partial charge in [0.1, 0.15) is 0 Å². The molecule has 7 heteroatoms. The average Bonchev–Trinajstić information content (AvgIpc) is 2.95. The van der Waals surface area contributed by atoms with Crippen LogP contribution in [0, 0.1) is 5.92 Å². The Morgan fingerprint density at radius 3 is 2.86 bits per heavy atom. The van der Waals surface area contributed by atoms with Gasteiger partial charge in [0.15, 0.2) is 11.5 Å². The van der Waals surface area contributed by atoms with E-state index < -0.39 is 12.2 Å². The summed E-state index contributed by atoms with van der Waals surface area (Å²) in [5.41, 5.74) is 0.546. The van der Waals surface area contributed by atoms with Crippen LogP contribution in [0.25, 0.3) is 0 Å². The Bertz CT molecular complexity index is 578. The van der Waals surface area contributed by atoms with Gasteiger partial charge in [-0.15, -0.1) is 8.78 Å². The summed E-state index contributed by atoms with van der Waals surface area (Å²) < 4.78 is 40.4. The van der Waals surface area contributed by atoms with Gasteiger partial charge in [0, 0.05) is 24.6 Å². The number of esters is 1. The normalized spacial score (nSPS) is 26.9. The van der Waals surface area contributed by atoms with E-state index in [1.807, 2.05) is 11.9 Å². The number of methoxy groups -OCH3 is 1. The summed E-state index contributed by atoms with van der Waals surface area (Å²) in [6, 6.07) is 4.72. The zero-order valence-electron chi connectivity index (χ0n) is 11.6. The van der Waals surface area contributed by atoms with Crippen LogP contribution in [0.4, 0.5) is 8.78 Å². The maximum Gasteiger partial charge on any atom is 0.586 e.